The molecule has 0 amide bonds. The zero-order chi connectivity index (χ0) is 15.0. The summed E-state index contributed by atoms with van der Waals surface area (Å²) in [6.07, 6.45) is -0.0708. The lowest BCUT2D eigenvalue weighted by molar-refractivity contribution is -0.136. The zero-order valence-electron chi connectivity index (χ0n) is 11.6. The number of aromatic nitrogens is 5. The standard InChI is InChI=1S/C14H13N5O2/c1-8-10(7-13(20)21)9(2)19(18-8)14-15-11-5-3-4-6-12(11)16-17-14/h3-6H,7H2,1-2H3,(H,20,21). The van der Waals surface area contributed by atoms with Gasteiger partial charge in [0.2, 0.25) is 0 Å². The van der Waals surface area contributed by atoms with Crippen molar-refractivity contribution in [2.75, 3.05) is 0 Å². The number of rotatable bonds is 3. The molecule has 3 aromatic rings. The summed E-state index contributed by atoms with van der Waals surface area (Å²) >= 11 is 0. The highest BCUT2D eigenvalue weighted by atomic mass is 16.4. The Labute approximate surface area is 120 Å². The first-order chi connectivity index (χ1) is 10.1. The van der Waals surface area contributed by atoms with Crippen molar-refractivity contribution in [2.24, 2.45) is 0 Å². The quantitative estimate of drug-likeness (QED) is 0.782. The van der Waals surface area contributed by atoms with E-state index >= 15 is 0 Å². The Bertz CT molecular complexity index is 840. The summed E-state index contributed by atoms with van der Waals surface area (Å²) in [4.78, 5) is 15.3. The highest BCUT2D eigenvalue weighted by molar-refractivity contribution is 5.73. The van der Waals surface area contributed by atoms with E-state index in [-0.39, 0.29) is 6.42 Å². The molecule has 0 aliphatic heterocycles. The van der Waals surface area contributed by atoms with Gasteiger partial charge in [-0.15, -0.1) is 10.2 Å². The van der Waals surface area contributed by atoms with E-state index in [9.17, 15) is 4.79 Å². The van der Waals surface area contributed by atoms with Gasteiger partial charge in [-0.1, -0.05) is 12.1 Å². The third-order valence-electron chi connectivity index (χ3n) is 3.31. The number of carbonyl (C=O) groups is 1. The van der Waals surface area contributed by atoms with Gasteiger partial charge in [-0.05, 0) is 26.0 Å². The molecule has 21 heavy (non-hydrogen) atoms. The first-order valence-corrected chi connectivity index (χ1v) is 6.43. The van der Waals surface area contributed by atoms with Gasteiger partial charge >= 0.3 is 5.97 Å². The van der Waals surface area contributed by atoms with E-state index in [4.69, 9.17) is 5.11 Å². The van der Waals surface area contributed by atoms with Crippen molar-refractivity contribution in [3.05, 3.63) is 41.2 Å². The van der Waals surface area contributed by atoms with Gasteiger partial charge in [0.15, 0.2) is 0 Å². The van der Waals surface area contributed by atoms with Crippen LogP contribution in [-0.4, -0.2) is 36.0 Å². The van der Waals surface area contributed by atoms with Crippen molar-refractivity contribution >= 4 is 17.0 Å². The van der Waals surface area contributed by atoms with Crippen molar-refractivity contribution in [3.63, 3.8) is 0 Å². The van der Waals surface area contributed by atoms with Crippen LogP contribution >= 0.6 is 0 Å². The maximum absolute atomic E-state index is 10.9. The number of carboxylic acids is 1. The third kappa shape index (κ3) is 2.33. The fourth-order valence-electron chi connectivity index (χ4n) is 2.24. The van der Waals surface area contributed by atoms with Crippen LogP contribution in [0.4, 0.5) is 0 Å². The van der Waals surface area contributed by atoms with Gasteiger partial charge in [0, 0.05) is 11.3 Å². The number of hydrogen-bond acceptors (Lipinski definition) is 5. The highest BCUT2D eigenvalue weighted by Crippen LogP contribution is 2.17. The van der Waals surface area contributed by atoms with Gasteiger partial charge < -0.3 is 5.11 Å². The lowest BCUT2D eigenvalue weighted by Gasteiger charge is -2.03. The van der Waals surface area contributed by atoms with Crippen LogP contribution in [-0.2, 0) is 11.2 Å². The molecular weight excluding hydrogens is 270 g/mol. The molecule has 0 saturated heterocycles. The summed E-state index contributed by atoms with van der Waals surface area (Å²) in [6, 6.07) is 7.41. The number of para-hydroxylation sites is 1. The summed E-state index contributed by atoms with van der Waals surface area (Å²) in [6.45, 7) is 3.58. The number of aryl methyl sites for hydroxylation is 1. The second-order valence-corrected chi connectivity index (χ2v) is 4.73. The monoisotopic (exact) mass is 283 g/mol. The normalized spacial score (nSPS) is 11.0. The second kappa shape index (κ2) is 4.93. The van der Waals surface area contributed by atoms with Crippen LogP contribution in [0.25, 0.3) is 17.0 Å². The number of hydrogen-bond donors (Lipinski definition) is 1. The van der Waals surface area contributed by atoms with Crippen LogP contribution in [0.2, 0.25) is 0 Å². The van der Waals surface area contributed by atoms with Crippen molar-refractivity contribution in [3.8, 4) is 5.95 Å². The van der Waals surface area contributed by atoms with Crippen LogP contribution < -0.4 is 0 Å². The summed E-state index contributed by atoms with van der Waals surface area (Å²) in [5.41, 5.74) is 3.47. The zero-order valence-corrected chi connectivity index (χ0v) is 11.6. The average molecular weight is 283 g/mol. The van der Waals surface area contributed by atoms with Crippen molar-refractivity contribution in [1.82, 2.24) is 25.0 Å². The molecule has 0 aliphatic carbocycles. The number of benzene rings is 1. The predicted molar refractivity (Wildman–Crippen MR) is 75.3 cm³/mol. The Morgan fingerprint density at radius 3 is 2.62 bits per heavy atom. The maximum Gasteiger partial charge on any atom is 0.307 e. The van der Waals surface area contributed by atoms with Gasteiger partial charge in [-0.3, -0.25) is 4.79 Å². The lowest BCUT2D eigenvalue weighted by atomic mass is 10.1. The molecule has 0 radical (unpaired) electrons. The predicted octanol–water partition coefficient (Wildman–Crippen LogP) is 1.45. The molecule has 1 N–H and O–H groups in total. The minimum Gasteiger partial charge on any atom is -0.481 e. The van der Waals surface area contributed by atoms with Gasteiger partial charge in [0.25, 0.3) is 5.95 Å². The molecule has 0 aliphatic rings. The minimum absolute atomic E-state index is 0.0708. The Morgan fingerprint density at radius 1 is 1.19 bits per heavy atom. The van der Waals surface area contributed by atoms with Crippen LogP contribution in [0.1, 0.15) is 17.0 Å². The van der Waals surface area contributed by atoms with Crippen LogP contribution in [0.3, 0.4) is 0 Å². The topological polar surface area (TPSA) is 93.8 Å². The van der Waals surface area contributed by atoms with E-state index < -0.39 is 5.97 Å². The summed E-state index contributed by atoms with van der Waals surface area (Å²) in [5.74, 6) is -0.552. The van der Waals surface area contributed by atoms with E-state index in [1.807, 2.05) is 24.3 Å². The lowest BCUT2D eigenvalue weighted by Crippen LogP contribution is -2.07. The SMILES string of the molecule is Cc1nn(-c2nnc3ccccc3n2)c(C)c1CC(=O)O. The van der Waals surface area contributed by atoms with Crippen molar-refractivity contribution in [2.45, 2.75) is 20.3 Å². The fourth-order valence-corrected chi connectivity index (χ4v) is 2.24. The average Bonchev–Trinajstić information content (AvgIpc) is 2.74. The molecule has 3 rings (SSSR count). The molecular formula is C14H13N5O2. The molecule has 0 saturated carbocycles. The van der Waals surface area contributed by atoms with Gasteiger partial charge in [-0.25, -0.2) is 9.67 Å². The Kier molecular flexibility index (Phi) is 3.09. The smallest absolute Gasteiger partial charge is 0.307 e. The molecule has 106 valence electrons. The van der Waals surface area contributed by atoms with E-state index in [0.717, 1.165) is 5.52 Å². The number of nitrogens with zero attached hydrogens (tertiary/aromatic N) is 5. The third-order valence-corrected chi connectivity index (χ3v) is 3.31. The van der Waals surface area contributed by atoms with E-state index in [2.05, 4.69) is 20.3 Å². The fraction of sp³-hybridized carbons (Fsp3) is 0.214. The maximum atomic E-state index is 10.9. The first kappa shape index (κ1) is 13.2. The minimum atomic E-state index is -0.890. The second-order valence-electron chi connectivity index (χ2n) is 4.73. The molecule has 0 bridgehead atoms. The van der Waals surface area contributed by atoms with E-state index in [0.29, 0.717) is 28.4 Å². The van der Waals surface area contributed by atoms with Gasteiger partial charge in [-0.2, -0.15) is 5.10 Å². The molecule has 0 spiro atoms. The summed E-state index contributed by atoms with van der Waals surface area (Å²) in [5, 5.41) is 21.5. The molecule has 0 unspecified atom stereocenters. The Hall–Kier alpha value is -2.83. The van der Waals surface area contributed by atoms with Gasteiger partial charge in [0.05, 0.1) is 17.6 Å². The first-order valence-electron chi connectivity index (χ1n) is 6.43. The highest BCUT2D eigenvalue weighted by Gasteiger charge is 2.17. The summed E-state index contributed by atoms with van der Waals surface area (Å²) < 4.78 is 1.53. The van der Waals surface area contributed by atoms with E-state index in [1.54, 1.807) is 13.8 Å². The van der Waals surface area contributed by atoms with Crippen LogP contribution in [0.15, 0.2) is 24.3 Å². The van der Waals surface area contributed by atoms with E-state index in [1.165, 1.54) is 4.68 Å². The molecule has 2 aromatic heterocycles. The van der Waals surface area contributed by atoms with Crippen LogP contribution in [0, 0.1) is 13.8 Å². The number of fused-ring (bicyclic) bond motifs is 1. The molecule has 1 aromatic carbocycles. The Morgan fingerprint density at radius 2 is 1.90 bits per heavy atom. The van der Waals surface area contributed by atoms with Gasteiger partial charge in [0.1, 0.15) is 5.52 Å². The molecule has 7 nitrogen and oxygen atoms in total. The Balaban J connectivity index is 2.12. The summed E-state index contributed by atoms with van der Waals surface area (Å²) in [7, 11) is 0. The van der Waals surface area contributed by atoms with Crippen molar-refractivity contribution in [1.29, 1.82) is 0 Å². The number of carboxylic acid groups (broad SMARTS) is 1. The molecule has 0 fully saturated rings. The number of aliphatic carboxylic acids is 1. The molecule has 7 heteroatoms. The molecule has 0 atom stereocenters. The largest absolute Gasteiger partial charge is 0.481 e. The molecule has 2 heterocycles. The van der Waals surface area contributed by atoms with Crippen molar-refractivity contribution < 1.29 is 9.90 Å². The van der Waals surface area contributed by atoms with Crippen LogP contribution in [0.5, 0.6) is 0 Å².